The highest BCUT2D eigenvalue weighted by Crippen LogP contribution is 2.33. The van der Waals surface area contributed by atoms with Crippen LogP contribution in [-0.4, -0.2) is 38.8 Å². The van der Waals surface area contributed by atoms with E-state index in [2.05, 4.69) is 42.3 Å². The van der Waals surface area contributed by atoms with Crippen LogP contribution in [0.5, 0.6) is 11.5 Å². The largest absolute Gasteiger partial charge is 0.497 e. The maximum absolute atomic E-state index is 6.06. The molecule has 1 saturated heterocycles. The molecule has 24 heavy (non-hydrogen) atoms. The summed E-state index contributed by atoms with van der Waals surface area (Å²) in [6.45, 7) is 2.98. The third kappa shape index (κ3) is 4.65. The number of rotatable bonds is 5. The first-order valence-corrected chi connectivity index (χ1v) is 8.26. The van der Waals surface area contributed by atoms with Crippen molar-refractivity contribution < 1.29 is 9.47 Å². The summed E-state index contributed by atoms with van der Waals surface area (Å²) in [6, 6.07) is 18.7. The zero-order chi connectivity index (χ0) is 16.1. The van der Waals surface area contributed by atoms with Gasteiger partial charge in [-0.2, -0.15) is 0 Å². The molecule has 1 heterocycles. The van der Waals surface area contributed by atoms with Crippen LogP contribution in [0.1, 0.15) is 17.9 Å². The number of piperidine rings is 1. The first-order valence-electron chi connectivity index (χ1n) is 8.26. The van der Waals surface area contributed by atoms with Crippen LogP contribution in [0.2, 0.25) is 0 Å². The predicted molar refractivity (Wildman–Crippen MR) is 101 cm³/mol. The van der Waals surface area contributed by atoms with E-state index in [0.29, 0.717) is 11.8 Å². The van der Waals surface area contributed by atoms with Crippen molar-refractivity contribution in [1.82, 2.24) is 4.90 Å². The van der Waals surface area contributed by atoms with Gasteiger partial charge in [0.1, 0.15) is 11.5 Å². The number of nitrogens with zero attached hydrogens (tertiary/aromatic N) is 1. The third-order valence-corrected chi connectivity index (χ3v) is 4.69. The van der Waals surface area contributed by atoms with Crippen molar-refractivity contribution in [2.75, 3.05) is 33.9 Å². The molecule has 3 rings (SSSR count). The second-order valence-electron chi connectivity index (χ2n) is 6.31. The van der Waals surface area contributed by atoms with Crippen molar-refractivity contribution in [1.29, 1.82) is 0 Å². The lowest BCUT2D eigenvalue weighted by atomic mass is 9.81. The van der Waals surface area contributed by atoms with E-state index >= 15 is 0 Å². The van der Waals surface area contributed by atoms with Crippen LogP contribution in [0.25, 0.3) is 0 Å². The molecular formula is C20H26ClNO2. The lowest BCUT2D eigenvalue weighted by Gasteiger charge is -2.37. The molecular weight excluding hydrogens is 322 g/mol. The molecule has 2 atom stereocenters. The fourth-order valence-corrected chi connectivity index (χ4v) is 3.40. The second kappa shape index (κ2) is 8.95. The summed E-state index contributed by atoms with van der Waals surface area (Å²) in [5.74, 6) is 2.85. The topological polar surface area (TPSA) is 21.7 Å². The van der Waals surface area contributed by atoms with E-state index < -0.39 is 0 Å². The van der Waals surface area contributed by atoms with Crippen molar-refractivity contribution in [3.8, 4) is 11.5 Å². The van der Waals surface area contributed by atoms with Gasteiger partial charge < -0.3 is 14.4 Å². The van der Waals surface area contributed by atoms with E-state index in [1.54, 1.807) is 7.11 Å². The van der Waals surface area contributed by atoms with E-state index in [9.17, 15) is 0 Å². The van der Waals surface area contributed by atoms with Gasteiger partial charge in [-0.3, -0.25) is 0 Å². The molecule has 0 aliphatic carbocycles. The SMILES string of the molecule is COc1ccc(OCC2CN(C)CCC2c2ccccc2)cc1.Cl. The summed E-state index contributed by atoms with van der Waals surface area (Å²) in [5, 5.41) is 0. The Bertz CT molecular complexity index is 603. The maximum Gasteiger partial charge on any atom is 0.119 e. The average Bonchev–Trinajstić information content (AvgIpc) is 2.61. The van der Waals surface area contributed by atoms with Gasteiger partial charge in [-0.25, -0.2) is 0 Å². The molecule has 1 fully saturated rings. The fraction of sp³-hybridized carbons (Fsp3) is 0.400. The van der Waals surface area contributed by atoms with Crippen molar-refractivity contribution >= 4 is 12.4 Å². The molecule has 0 radical (unpaired) electrons. The molecule has 0 spiro atoms. The summed E-state index contributed by atoms with van der Waals surface area (Å²) in [5.41, 5.74) is 1.43. The normalized spacial score (nSPS) is 20.9. The molecule has 3 nitrogen and oxygen atoms in total. The lowest BCUT2D eigenvalue weighted by Crippen LogP contribution is -2.39. The van der Waals surface area contributed by atoms with Gasteiger partial charge in [-0.1, -0.05) is 30.3 Å². The van der Waals surface area contributed by atoms with Crippen molar-refractivity contribution in [2.24, 2.45) is 5.92 Å². The first-order chi connectivity index (χ1) is 11.3. The lowest BCUT2D eigenvalue weighted by molar-refractivity contribution is 0.129. The number of ether oxygens (including phenoxy) is 2. The van der Waals surface area contributed by atoms with Crippen molar-refractivity contribution in [3.63, 3.8) is 0 Å². The van der Waals surface area contributed by atoms with Gasteiger partial charge in [0, 0.05) is 12.5 Å². The highest BCUT2D eigenvalue weighted by atomic mass is 35.5. The smallest absolute Gasteiger partial charge is 0.119 e. The molecule has 130 valence electrons. The van der Waals surface area contributed by atoms with Crippen LogP contribution in [0.15, 0.2) is 54.6 Å². The molecule has 0 bridgehead atoms. The molecule has 2 unspecified atom stereocenters. The Morgan fingerprint density at radius 1 is 1.00 bits per heavy atom. The number of hydrogen-bond donors (Lipinski definition) is 0. The van der Waals surface area contributed by atoms with Crippen molar-refractivity contribution in [2.45, 2.75) is 12.3 Å². The highest BCUT2D eigenvalue weighted by Gasteiger charge is 2.29. The van der Waals surface area contributed by atoms with E-state index in [4.69, 9.17) is 9.47 Å². The maximum atomic E-state index is 6.06. The van der Waals surface area contributed by atoms with Crippen LogP contribution in [0.4, 0.5) is 0 Å². The molecule has 0 aromatic heterocycles. The third-order valence-electron chi connectivity index (χ3n) is 4.69. The van der Waals surface area contributed by atoms with Crippen LogP contribution in [0, 0.1) is 5.92 Å². The molecule has 4 heteroatoms. The van der Waals surface area contributed by atoms with Gasteiger partial charge in [0.15, 0.2) is 0 Å². The second-order valence-corrected chi connectivity index (χ2v) is 6.31. The minimum atomic E-state index is 0. The van der Waals surface area contributed by atoms with Gasteiger partial charge in [0.05, 0.1) is 13.7 Å². The van der Waals surface area contributed by atoms with E-state index in [1.165, 1.54) is 12.0 Å². The van der Waals surface area contributed by atoms with Crippen LogP contribution < -0.4 is 9.47 Å². The van der Waals surface area contributed by atoms with Gasteiger partial charge in [-0.05, 0) is 55.8 Å². The molecule has 0 N–H and O–H groups in total. The quantitative estimate of drug-likeness (QED) is 0.807. The monoisotopic (exact) mass is 347 g/mol. The zero-order valence-corrected chi connectivity index (χ0v) is 15.2. The highest BCUT2D eigenvalue weighted by molar-refractivity contribution is 5.85. The Balaban J connectivity index is 0.00000208. The minimum absolute atomic E-state index is 0. The standard InChI is InChI=1S/C20H25NO2.ClH/c1-21-13-12-20(16-6-4-3-5-7-16)17(14-21)15-23-19-10-8-18(22-2)9-11-19;/h3-11,17,20H,12-15H2,1-2H3;1H. The summed E-state index contributed by atoms with van der Waals surface area (Å²) >= 11 is 0. The Morgan fingerprint density at radius 3 is 2.33 bits per heavy atom. The molecule has 2 aromatic rings. The van der Waals surface area contributed by atoms with Gasteiger partial charge >= 0.3 is 0 Å². The summed E-state index contributed by atoms with van der Waals surface area (Å²) in [6.07, 6.45) is 1.19. The Labute approximate surface area is 151 Å². The molecule has 1 aliphatic rings. The number of hydrogen-bond acceptors (Lipinski definition) is 3. The Kier molecular flexibility index (Phi) is 6.95. The molecule has 1 aliphatic heterocycles. The molecule has 0 saturated carbocycles. The van der Waals surface area contributed by atoms with Crippen LogP contribution in [-0.2, 0) is 0 Å². The first kappa shape index (κ1) is 18.6. The molecule has 0 amide bonds. The van der Waals surface area contributed by atoms with E-state index in [1.807, 2.05) is 24.3 Å². The minimum Gasteiger partial charge on any atom is -0.497 e. The summed E-state index contributed by atoms with van der Waals surface area (Å²) < 4.78 is 11.3. The van der Waals surface area contributed by atoms with E-state index in [-0.39, 0.29) is 12.4 Å². The van der Waals surface area contributed by atoms with Crippen LogP contribution >= 0.6 is 12.4 Å². The fourth-order valence-electron chi connectivity index (χ4n) is 3.40. The Morgan fingerprint density at radius 2 is 1.67 bits per heavy atom. The summed E-state index contributed by atoms with van der Waals surface area (Å²) in [4.78, 5) is 2.40. The molecule has 2 aromatic carbocycles. The summed E-state index contributed by atoms with van der Waals surface area (Å²) in [7, 11) is 3.87. The van der Waals surface area contributed by atoms with Crippen molar-refractivity contribution in [3.05, 3.63) is 60.2 Å². The van der Waals surface area contributed by atoms with Gasteiger partial charge in [0.2, 0.25) is 0 Å². The van der Waals surface area contributed by atoms with Crippen LogP contribution in [0.3, 0.4) is 0 Å². The number of halogens is 1. The van der Waals surface area contributed by atoms with Gasteiger partial charge in [-0.15, -0.1) is 12.4 Å². The van der Waals surface area contributed by atoms with Gasteiger partial charge in [0.25, 0.3) is 0 Å². The average molecular weight is 348 g/mol. The Hall–Kier alpha value is -1.71. The van der Waals surface area contributed by atoms with E-state index in [0.717, 1.165) is 31.2 Å². The zero-order valence-electron chi connectivity index (χ0n) is 14.4. The number of benzene rings is 2. The number of likely N-dealkylation sites (tertiary alicyclic amines) is 1. The predicted octanol–water partition coefficient (Wildman–Crippen LogP) is 4.23. The number of methoxy groups -OCH3 is 1.